The number of ether oxygens (including phenoxy) is 1. The standard InChI is InChI=1S/C24H17Cl2FN6O3S/c1-11-5-12(13-6-20(25)29-8-18(13)36-2)14(7-28-11)22(34)32-24-31-17-9-33(10-19(17)37-24)23(35)16-4-3-15(27)21(26)30-16/h3-8H,9-10H2,1-2H3,(H,31,32,34). The van der Waals surface area contributed by atoms with Gasteiger partial charge in [-0.1, -0.05) is 34.5 Å². The third-order valence-electron chi connectivity index (χ3n) is 5.61. The molecule has 0 aliphatic carbocycles. The Labute approximate surface area is 224 Å². The van der Waals surface area contributed by atoms with E-state index < -0.39 is 17.6 Å². The number of anilines is 1. The van der Waals surface area contributed by atoms with Gasteiger partial charge in [0, 0.05) is 23.0 Å². The molecule has 13 heteroatoms. The van der Waals surface area contributed by atoms with E-state index >= 15 is 0 Å². The Morgan fingerprint density at radius 3 is 2.65 bits per heavy atom. The van der Waals surface area contributed by atoms with E-state index in [0.717, 1.165) is 10.9 Å². The number of carbonyl (C=O) groups excluding carboxylic acids is 2. The molecule has 0 radical (unpaired) electrons. The predicted molar refractivity (Wildman–Crippen MR) is 137 cm³/mol. The molecule has 5 heterocycles. The molecule has 1 aliphatic rings. The number of aryl methyl sites for hydroxylation is 1. The molecule has 1 aliphatic heterocycles. The number of hydrogen-bond acceptors (Lipinski definition) is 8. The lowest BCUT2D eigenvalue weighted by atomic mass is 10.0. The molecule has 0 atom stereocenters. The van der Waals surface area contributed by atoms with Crippen LogP contribution in [0.2, 0.25) is 10.3 Å². The van der Waals surface area contributed by atoms with Crippen LogP contribution in [0.1, 0.15) is 37.1 Å². The second-order valence-corrected chi connectivity index (χ2v) is 9.88. The highest BCUT2D eigenvalue weighted by Gasteiger charge is 2.29. The average Bonchev–Trinajstić information content (AvgIpc) is 3.44. The lowest BCUT2D eigenvalue weighted by Gasteiger charge is -2.15. The Bertz CT molecular complexity index is 1540. The van der Waals surface area contributed by atoms with Crippen molar-refractivity contribution >= 4 is 51.5 Å². The van der Waals surface area contributed by atoms with E-state index in [4.69, 9.17) is 27.9 Å². The molecule has 4 aromatic rings. The summed E-state index contributed by atoms with van der Waals surface area (Å²) in [4.78, 5) is 45.0. The molecule has 0 fully saturated rings. The summed E-state index contributed by atoms with van der Waals surface area (Å²) in [6.45, 7) is 2.32. The Kier molecular flexibility index (Phi) is 6.76. The van der Waals surface area contributed by atoms with Crippen LogP contribution < -0.4 is 10.1 Å². The van der Waals surface area contributed by atoms with Gasteiger partial charge in [-0.25, -0.2) is 19.3 Å². The van der Waals surface area contributed by atoms with Gasteiger partial charge in [-0.15, -0.1) is 0 Å². The first kappa shape index (κ1) is 25.0. The fraction of sp³-hybridized carbons (Fsp3) is 0.167. The highest BCUT2D eigenvalue weighted by molar-refractivity contribution is 7.16. The van der Waals surface area contributed by atoms with Crippen molar-refractivity contribution in [1.82, 2.24) is 24.8 Å². The number of pyridine rings is 3. The van der Waals surface area contributed by atoms with E-state index in [-0.39, 0.29) is 29.1 Å². The molecule has 0 spiro atoms. The van der Waals surface area contributed by atoms with Crippen molar-refractivity contribution in [2.24, 2.45) is 0 Å². The Balaban J connectivity index is 1.35. The fourth-order valence-electron chi connectivity index (χ4n) is 3.85. The van der Waals surface area contributed by atoms with Crippen molar-refractivity contribution in [3.8, 4) is 16.9 Å². The molecule has 37 heavy (non-hydrogen) atoms. The number of carbonyl (C=O) groups is 2. The smallest absolute Gasteiger partial charge is 0.273 e. The van der Waals surface area contributed by atoms with Gasteiger partial charge in [-0.3, -0.25) is 19.9 Å². The van der Waals surface area contributed by atoms with Crippen molar-refractivity contribution in [2.75, 3.05) is 12.4 Å². The van der Waals surface area contributed by atoms with Crippen LogP contribution in [0.3, 0.4) is 0 Å². The largest absolute Gasteiger partial charge is 0.494 e. The number of nitrogens with one attached hydrogen (secondary N) is 1. The van der Waals surface area contributed by atoms with Gasteiger partial charge in [-0.05, 0) is 31.2 Å². The van der Waals surface area contributed by atoms with E-state index in [2.05, 4.69) is 25.3 Å². The van der Waals surface area contributed by atoms with E-state index in [0.29, 0.717) is 39.0 Å². The monoisotopic (exact) mass is 558 g/mol. The number of halogens is 3. The summed E-state index contributed by atoms with van der Waals surface area (Å²) in [6.07, 6.45) is 2.97. The van der Waals surface area contributed by atoms with Gasteiger partial charge < -0.3 is 9.64 Å². The van der Waals surface area contributed by atoms with Crippen LogP contribution in [0.15, 0.2) is 36.7 Å². The molecule has 5 rings (SSSR count). The Morgan fingerprint density at radius 2 is 1.92 bits per heavy atom. The van der Waals surface area contributed by atoms with E-state index in [1.54, 1.807) is 12.1 Å². The minimum atomic E-state index is -0.696. The van der Waals surface area contributed by atoms with Crippen LogP contribution in [0, 0.1) is 12.7 Å². The molecule has 0 saturated carbocycles. The number of thiazole rings is 1. The maximum Gasteiger partial charge on any atom is 0.273 e. The van der Waals surface area contributed by atoms with Crippen LogP contribution in [0.4, 0.5) is 9.52 Å². The lowest BCUT2D eigenvalue weighted by molar-refractivity contribution is 0.0744. The van der Waals surface area contributed by atoms with Gasteiger partial charge in [0.1, 0.15) is 16.6 Å². The zero-order chi connectivity index (χ0) is 26.3. The zero-order valence-electron chi connectivity index (χ0n) is 19.4. The number of nitrogens with zero attached hydrogens (tertiary/aromatic N) is 5. The number of amides is 2. The Hall–Kier alpha value is -3.67. The molecule has 2 amide bonds. The van der Waals surface area contributed by atoms with E-state index in [1.807, 2.05) is 6.92 Å². The Morgan fingerprint density at radius 1 is 1.11 bits per heavy atom. The fourth-order valence-corrected chi connectivity index (χ4v) is 5.15. The first-order valence-corrected chi connectivity index (χ1v) is 12.4. The summed E-state index contributed by atoms with van der Waals surface area (Å²) in [5.74, 6) is -1.04. The summed E-state index contributed by atoms with van der Waals surface area (Å²) in [6, 6.07) is 5.78. The summed E-state index contributed by atoms with van der Waals surface area (Å²) in [7, 11) is 1.51. The minimum Gasteiger partial charge on any atom is -0.494 e. The molecule has 1 N–H and O–H groups in total. The topological polar surface area (TPSA) is 110 Å². The van der Waals surface area contributed by atoms with E-state index in [9.17, 15) is 14.0 Å². The lowest BCUT2D eigenvalue weighted by Crippen LogP contribution is -2.26. The summed E-state index contributed by atoms with van der Waals surface area (Å²) in [5.41, 5.74) is 2.89. The minimum absolute atomic E-state index is 0.0427. The molecule has 0 unspecified atom stereocenters. The molecule has 9 nitrogen and oxygen atoms in total. The summed E-state index contributed by atoms with van der Waals surface area (Å²) in [5, 5.41) is 3.10. The normalized spacial score (nSPS) is 12.4. The highest BCUT2D eigenvalue weighted by Crippen LogP contribution is 2.35. The number of hydrogen-bond donors (Lipinski definition) is 1. The van der Waals surface area contributed by atoms with Crippen molar-refractivity contribution < 1.29 is 18.7 Å². The predicted octanol–water partition coefficient (Wildman–Crippen LogP) is 5.17. The molecule has 188 valence electrons. The molecular weight excluding hydrogens is 542 g/mol. The van der Waals surface area contributed by atoms with Crippen molar-refractivity contribution in [3.63, 3.8) is 0 Å². The summed E-state index contributed by atoms with van der Waals surface area (Å²) < 4.78 is 18.8. The number of aromatic nitrogens is 4. The maximum atomic E-state index is 13.4. The van der Waals surface area contributed by atoms with Crippen molar-refractivity contribution in [3.05, 3.63) is 80.3 Å². The van der Waals surface area contributed by atoms with Crippen LogP contribution in [0.25, 0.3) is 11.1 Å². The van der Waals surface area contributed by atoms with Crippen molar-refractivity contribution in [2.45, 2.75) is 20.0 Å². The van der Waals surface area contributed by atoms with Gasteiger partial charge in [0.05, 0.1) is 42.5 Å². The van der Waals surface area contributed by atoms with Gasteiger partial charge in [0.25, 0.3) is 11.8 Å². The molecule has 0 bridgehead atoms. The number of fused-ring (bicyclic) bond motifs is 1. The van der Waals surface area contributed by atoms with E-state index in [1.165, 1.54) is 41.8 Å². The first-order chi connectivity index (χ1) is 17.7. The van der Waals surface area contributed by atoms with Crippen LogP contribution >= 0.6 is 34.5 Å². The SMILES string of the molecule is COc1cnc(Cl)cc1-c1cc(C)ncc1C(=O)Nc1nc2c(s1)CN(C(=O)c1ccc(F)c(Cl)n1)C2. The molecule has 0 saturated heterocycles. The maximum absolute atomic E-state index is 13.4. The number of methoxy groups -OCH3 is 1. The first-order valence-electron chi connectivity index (χ1n) is 10.8. The van der Waals surface area contributed by atoms with Crippen molar-refractivity contribution in [1.29, 1.82) is 0 Å². The van der Waals surface area contributed by atoms with Gasteiger partial charge in [0.2, 0.25) is 0 Å². The average molecular weight is 559 g/mol. The third kappa shape index (κ3) is 4.97. The van der Waals surface area contributed by atoms with Gasteiger partial charge >= 0.3 is 0 Å². The van der Waals surface area contributed by atoms with Crippen LogP contribution in [-0.4, -0.2) is 43.8 Å². The highest BCUT2D eigenvalue weighted by atomic mass is 35.5. The molecular formula is C24H17Cl2FN6O3S. The quantitative estimate of drug-likeness (QED) is 0.336. The van der Waals surface area contributed by atoms with Gasteiger partial charge in [-0.2, -0.15) is 0 Å². The second kappa shape index (κ2) is 10.0. The van der Waals surface area contributed by atoms with Crippen LogP contribution in [-0.2, 0) is 13.1 Å². The zero-order valence-corrected chi connectivity index (χ0v) is 21.7. The third-order valence-corrected chi connectivity index (χ3v) is 7.08. The molecule has 0 aromatic carbocycles. The summed E-state index contributed by atoms with van der Waals surface area (Å²) >= 11 is 13.1. The number of rotatable bonds is 5. The second-order valence-electron chi connectivity index (χ2n) is 8.05. The van der Waals surface area contributed by atoms with Crippen LogP contribution in [0.5, 0.6) is 5.75 Å². The molecule has 4 aromatic heterocycles. The van der Waals surface area contributed by atoms with Gasteiger partial charge in [0.15, 0.2) is 16.1 Å².